The van der Waals surface area contributed by atoms with Crippen molar-refractivity contribution in [2.75, 3.05) is 26.3 Å². The van der Waals surface area contributed by atoms with E-state index in [1.165, 1.54) is 0 Å². The molecule has 0 atom stereocenters. The van der Waals surface area contributed by atoms with Gasteiger partial charge in [0.1, 0.15) is 17.3 Å². The quantitative estimate of drug-likeness (QED) is 0.557. The van der Waals surface area contributed by atoms with E-state index < -0.39 is 0 Å². The van der Waals surface area contributed by atoms with Crippen LogP contribution in [0.15, 0.2) is 54.7 Å². The molecule has 1 fully saturated rings. The van der Waals surface area contributed by atoms with Gasteiger partial charge >= 0.3 is 0 Å². The van der Waals surface area contributed by atoms with E-state index in [0.29, 0.717) is 0 Å². The van der Waals surface area contributed by atoms with Crippen molar-refractivity contribution in [3.05, 3.63) is 60.6 Å². The van der Waals surface area contributed by atoms with Crippen molar-refractivity contribution in [1.82, 2.24) is 25.1 Å². The first-order chi connectivity index (χ1) is 13.8. The van der Waals surface area contributed by atoms with E-state index in [9.17, 15) is 0 Å². The molecule has 1 aliphatic heterocycles. The van der Waals surface area contributed by atoms with Crippen LogP contribution in [0.25, 0.3) is 22.3 Å². The molecule has 0 spiro atoms. The molecule has 2 aromatic heterocycles. The molecule has 5 rings (SSSR count). The van der Waals surface area contributed by atoms with Gasteiger partial charge in [-0.2, -0.15) is 5.10 Å². The number of fused-ring (bicyclic) bond motifs is 1. The number of nitrogens with zero attached hydrogens (tertiary/aromatic N) is 3. The summed E-state index contributed by atoms with van der Waals surface area (Å²) in [5.41, 5.74) is 3.99. The summed E-state index contributed by atoms with van der Waals surface area (Å²) in [4.78, 5) is 10.5. The van der Waals surface area contributed by atoms with Gasteiger partial charge in [0.25, 0.3) is 0 Å². The predicted molar refractivity (Wildman–Crippen MR) is 106 cm³/mol. The number of morpholine rings is 1. The first-order valence-corrected chi connectivity index (χ1v) is 9.40. The number of imidazole rings is 1. The zero-order chi connectivity index (χ0) is 18.8. The molecular formula is C21H21N5O2. The number of rotatable bonds is 5. The zero-order valence-corrected chi connectivity index (χ0v) is 15.4. The Bertz CT molecular complexity index is 1050. The number of aromatic amines is 2. The van der Waals surface area contributed by atoms with E-state index in [-0.39, 0.29) is 0 Å². The summed E-state index contributed by atoms with van der Waals surface area (Å²) in [5, 5.41) is 6.94. The van der Waals surface area contributed by atoms with Gasteiger partial charge in [-0.25, -0.2) is 4.98 Å². The average Bonchev–Trinajstić information content (AvgIpc) is 3.39. The van der Waals surface area contributed by atoms with Gasteiger partial charge in [-0.1, -0.05) is 0 Å². The van der Waals surface area contributed by atoms with Crippen molar-refractivity contribution in [3.8, 4) is 22.8 Å². The highest BCUT2D eigenvalue weighted by molar-refractivity contribution is 5.77. The number of aromatic nitrogens is 4. The molecule has 3 heterocycles. The van der Waals surface area contributed by atoms with Gasteiger partial charge in [0.2, 0.25) is 0 Å². The molecule has 0 aliphatic carbocycles. The third-order valence-electron chi connectivity index (χ3n) is 4.88. The Morgan fingerprint density at radius 3 is 2.61 bits per heavy atom. The third-order valence-corrected chi connectivity index (χ3v) is 4.88. The smallest absolute Gasteiger partial charge is 0.129 e. The van der Waals surface area contributed by atoms with Gasteiger partial charge in [0, 0.05) is 25.4 Å². The normalized spacial score (nSPS) is 15.1. The summed E-state index contributed by atoms with van der Waals surface area (Å²) >= 11 is 0. The molecule has 0 amide bonds. The molecule has 4 aromatic rings. The molecule has 0 unspecified atom stereocenters. The van der Waals surface area contributed by atoms with Crippen molar-refractivity contribution in [2.24, 2.45) is 0 Å². The molecule has 7 heteroatoms. The lowest BCUT2D eigenvalue weighted by molar-refractivity contribution is 0.0332. The Labute approximate surface area is 162 Å². The molecule has 1 saturated heterocycles. The molecule has 28 heavy (non-hydrogen) atoms. The van der Waals surface area contributed by atoms with E-state index >= 15 is 0 Å². The summed E-state index contributed by atoms with van der Waals surface area (Å²) in [6, 6.07) is 15.8. The van der Waals surface area contributed by atoms with Crippen molar-refractivity contribution < 1.29 is 9.47 Å². The predicted octanol–water partition coefficient (Wildman–Crippen LogP) is 3.58. The number of ether oxygens (including phenoxy) is 2. The van der Waals surface area contributed by atoms with Crippen LogP contribution in [0.1, 0.15) is 5.82 Å². The van der Waals surface area contributed by atoms with E-state index in [0.717, 1.165) is 72.5 Å². The number of hydrogen-bond acceptors (Lipinski definition) is 5. The minimum Gasteiger partial charge on any atom is -0.457 e. The van der Waals surface area contributed by atoms with Crippen LogP contribution in [0.4, 0.5) is 0 Å². The second kappa shape index (κ2) is 7.46. The maximum absolute atomic E-state index is 6.02. The Balaban J connectivity index is 1.30. The molecule has 1 aliphatic rings. The Hall–Kier alpha value is -3.16. The average molecular weight is 375 g/mol. The van der Waals surface area contributed by atoms with Crippen LogP contribution in [0.5, 0.6) is 11.5 Å². The monoisotopic (exact) mass is 375 g/mol. The molecule has 2 aromatic carbocycles. The lowest BCUT2D eigenvalue weighted by Gasteiger charge is -2.25. The lowest BCUT2D eigenvalue weighted by atomic mass is 10.1. The first kappa shape index (κ1) is 17.0. The van der Waals surface area contributed by atoms with E-state index in [2.05, 4.69) is 20.1 Å². The van der Waals surface area contributed by atoms with Crippen LogP contribution in [0, 0.1) is 0 Å². The first-order valence-electron chi connectivity index (χ1n) is 9.40. The highest BCUT2D eigenvalue weighted by Crippen LogP contribution is 2.27. The van der Waals surface area contributed by atoms with Crippen molar-refractivity contribution in [3.63, 3.8) is 0 Å². The second-order valence-electron chi connectivity index (χ2n) is 6.85. The summed E-state index contributed by atoms with van der Waals surface area (Å²) < 4.78 is 11.4. The van der Waals surface area contributed by atoms with Crippen molar-refractivity contribution in [2.45, 2.75) is 6.54 Å². The van der Waals surface area contributed by atoms with E-state index in [4.69, 9.17) is 14.5 Å². The molecule has 7 nitrogen and oxygen atoms in total. The maximum Gasteiger partial charge on any atom is 0.129 e. The lowest BCUT2D eigenvalue weighted by Crippen LogP contribution is -2.35. The van der Waals surface area contributed by atoms with Crippen LogP contribution in [0.2, 0.25) is 0 Å². The summed E-state index contributed by atoms with van der Waals surface area (Å²) in [6.07, 6.45) is 1.74. The molecule has 0 saturated carbocycles. The highest BCUT2D eigenvalue weighted by atomic mass is 16.5. The second-order valence-corrected chi connectivity index (χ2v) is 6.85. The molecule has 2 N–H and O–H groups in total. The van der Waals surface area contributed by atoms with Crippen LogP contribution < -0.4 is 4.74 Å². The fourth-order valence-electron chi connectivity index (χ4n) is 3.41. The minimum atomic E-state index is 0.781. The highest BCUT2D eigenvalue weighted by Gasteiger charge is 2.13. The number of hydrogen-bond donors (Lipinski definition) is 2. The Morgan fingerprint density at radius 2 is 1.82 bits per heavy atom. The molecule has 142 valence electrons. The van der Waals surface area contributed by atoms with Gasteiger partial charge in [-0.15, -0.1) is 0 Å². The van der Waals surface area contributed by atoms with Gasteiger partial charge in [0.05, 0.1) is 36.5 Å². The van der Waals surface area contributed by atoms with Crippen molar-refractivity contribution in [1.29, 1.82) is 0 Å². The number of benzene rings is 2. The number of nitrogens with one attached hydrogen (secondary N) is 2. The maximum atomic E-state index is 6.02. The van der Waals surface area contributed by atoms with Crippen LogP contribution in [-0.2, 0) is 11.3 Å². The number of H-pyrrole nitrogens is 2. The van der Waals surface area contributed by atoms with Crippen LogP contribution in [-0.4, -0.2) is 51.4 Å². The summed E-state index contributed by atoms with van der Waals surface area (Å²) in [6.45, 7) is 4.28. The molecular weight excluding hydrogens is 354 g/mol. The zero-order valence-electron chi connectivity index (χ0n) is 15.4. The largest absolute Gasteiger partial charge is 0.457 e. The molecule has 0 bridgehead atoms. The van der Waals surface area contributed by atoms with Crippen molar-refractivity contribution >= 4 is 11.0 Å². The fraction of sp³-hybridized carbons (Fsp3) is 0.238. The topological polar surface area (TPSA) is 79.1 Å². The van der Waals surface area contributed by atoms with Gasteiger partial charge in [-0.05, 0) is 48.0 Å². The van der Waals surface area contributed by atoms with E-state index in [1.807, 2.05) is 48.5 Å². The summed E-state index contributed by atoms with van der Waals surface area (Å²) in [7, 11) is 0. The minimum absolute atomic E-state index is 0.781. The van der Waals surface area contributed by atoms with Crippen LogP contribution >= 0.6 is 0 Å². The van der Waals surface area contributed by atoms with E-state index in [1.54, 1.807) is 6.20 Å². The van der Waals surface area contributed by atoms with Gasteiger partial charge < -0.3 is 14.5 Å². The third kappa shape index (κ3) is 3.62. The Morgan fingerprint density at radius 1 is 1.00 bits per heavy atom. The molecule has 0 radical (unpaired) electrons. The Kier molecular flexibility index (Phi) is 4.52. The summed E-state index contributed by atoms with van der Waals surface area (Å²) in [5.74, 6) is 2.54. The van der Waals surface area contributed by atoms with Gasteiger partial charge in [-0.3, -0.25) is 10.00 Å². The SMILES string of the molecule is c1cc(-c2ccc(Oc3ccc4nc(CN5CCOCC5)[nH]c4c3)cc2)[nH]n1. The standard InChI is InChI=1S/C21H21N5O2/c1-3-16(4-2-15(1)18-7-8-22-25-18)28-17-5-6-19-20(13-17)24-21(23-19)14-26-9-11-27-12-10-26/h1-8,13H,9-12,14H2,(H,22,25)(H,23,24). The van der Waals surface area contributed by atoms with Crippen LogP contribution in [0.3, 0.4) is 0 Å². The fourth-order valence-corrected chi connectivity index (χ4v) is 3.41. The van der Waals surface area contributed by atoms with Gasteiger partial charge in [0.15, 0.2) is 0 Å².